The second-order valence-electron chi connectivity index (χ2n) is 3.93. The smallest absolute Gasteiger partial charge is 0.394 e. The average molecular weight is 255 g/mol. The van der Waals surface area contributed by atoms with Gasteiger partial charge in [0.15, 0.2) is 0 Å². The summed E-state index contributed by atoms with van der Waals surface area (Å²) < 4.78 is 40.0. The van der Waals surface area contributed by atoms with Gasteiger partial charge in [-0.05, 0) is 13.8 Å². The van der Waals surface area contributed by atoms with Gasteiger partial charge in [0.05, 0.1) is 12.1 Å². The topological polar surface area (TPSA) is 49.2 Å². The van der Waals surface area contributed by atoms with Crippen LogP contribution in [0.1, 0.15) is 19.7 Å². The van der Waals surface area contributed by atoms with E-state index < -0.39 is 17.5 Å². The Morgan fingerprint density at radius 3 is 2.31 bits per heavy atom. The number of nitrogens with zero attached hydrogens (tertiary/aromatic N) is 3. The number of aliphatic hydroxyl groups excluding tert-OH is 1. The first-order valence-electron chi connectivity index (χ1n) is 4.44. The fraction of sp³-hybridized carbons (Fsp3) is 0.750. The third-order valence-electron chi connectivity index (χ3n) is 2.25. The first-order chi connectivity index (χ1) is 7.18. The third kappa shape index (κ3) is 2.62. The Balaban J connectivity index is 2.95. The van der Waals surface area contributed by atoms with Crippen LogP contribution >= 0.6 is 11.5 Å². The maximum atomic E-state index is 12.3. The van der Waals surface area contributed by atoms with E-state index in [1.54, 1.807) is 20.9 Å². The van der Waals surface area contributed by atoms with Crippen molar-refractivity contribution < 1.29 is 18.3 Å². The zero-order valence-electron chi connectivity index (χ0n) is 9.04. The Hall–Kier alpha value is -0.890. The maximum absolute atomic E-state index is 12.3. The molecule has 0 aromatic carbocycles. The number of aromatic nitrogens is 2. The number of likely N-dealkylation sites (N-methyl/N-ethyl adjacent to an activating group) is 1. The van der Waals surface area contributed by atoms with Crippen LogP contribution in [0.3, 0.4) is 0 Å². The molecule has 0 radical (unpaired) electrons. The Morgan fingerprint density at radius 1 is 1.38 bits per heavy atom. The number of anilines is 1. The van der Waals surface area contributed by atoms with E-state index in [4.69, 9.17) is 5.11 Å². The molecular weight excluding hydrogens is 243 g/mol. The molecule has 0 aliphatic rings. The van der Waals surface area contributed by atoms with Gasteiger partial charge in [-0.3, -0.25) is 0 Å². The minimum Gasteiger partial charge on any atom is -0.394 e. The van der Waals surface area contributed by atoms with Crippen LogP contribution in [0.15, 0.2) is 0 Å². The molecule has 0 aliphatic heterocycles. The Morgan fingerprint density at radius 2 is 1.94 bits per heavy atom. The van der Waals surface area contributed by atoms with E-state index in [-0.39, 0.29) is 11.7 Å². The molecule has 0 bridgehead atoms. The summed E-state index contributed by atoms with van der Waals surface area (Å²) in [5.41, 5.74) is -0.678. The number of rotatable bonds is 3. The molecule has 1 aromatic rings. The Bertz CT molecular complexity index is 364. The summed E-state index contributed by atoms with van der Waals surface area (Å²) >= 11 is 0.660. The van der Waals surface area contributed by atoms with Gasteiger partial charge in [0.25, 0.3) is 0 Å². The van der Waals surface area contributed by atoms with Gasteiger partial charge >= 0.3 is 6.18 Å². The lowest BCUT2D eigenvalue weighted by atomic mass is 10.1. The van der Waals surface area contributed by atoms with Crippen LogP contribution in [-0.4, -0.2) is 33.7 Å². The molecule has 0 unspecified atom stereocenters. The molecule has 1 aromatic heterocycles. The van der Waals surface area contributed by atoms with Gasteiger partial charge in [-0.2, -0.15) is 22.5 Å². The molecule has 0 saturated carbocycles. The quantitative estimate of drug-likeness (QED) is 0.894. The van der Waals surface area contributed by atoms with Crippen molar-refractivity contribution in [2.75, 3.05) is 18.6 Å². The summed E-state index contributed by atoms with van der Waals surface area (Å²) in [6.45, 7) is 3.20. The van der Waals surface area contributed by atoms with Crippen LogP contribution in [0.5, 0.6) is 0 Å². The predicted octanol–water partition coefficient (Wildman–Crippen LogP) is 1.76. The first-order valence-corrected chi connectivity index (χ1v) is 5.21. The highest BCUT2D eigenvalue weighted by atomic mass is 32.1. The molecule has 0 saturated heterocycles. The molecule has 0 spiro atoms. The minimum atomic E-state index is -4.53. The minimum absolute atomic E-state index is 0.131. The first kappa shape index (κ1) is 13.2. The van der Waals surface area contributed by atoms with Gasteiger partial charge in [-0.25, -0.2) is 0 Å². The molecule has 8 heteroatoms. The summed E-state index contributed by atoms with van der Waals surface area (Å²) in [7, 11) is 1.57. The SMILES string of the molecule is CN(c1nc(C(F)(F)F)ns1)C(C)(C)CO. The van der Waals surface area contributed by atoms with Crippen LogP contribution in [0.2, 0.25) is 0 Å². The van der Waals surface area contributed by atoms with Crippen molar-refractivity contribution in [3.8, 4) is 0 Å². The highest BCUT2D eigenvalue weighted by Crippen LogP contribution is 2.31. The van der Waals surface area contributed by atoms with E-state index >= 15 is 0 Å². The highest BCUT2D eigenvalue weighted by molar-refractivity contribution is 7.09. The maximum Gasteiger partial charge on any atom is 0.452 e. The zero-order chi connectivity index (χ0) is 12.6. The van der Waals surface area contributed by atoms with Crippen molar-refractivity contribution in [3.05, 3.63) is 5.82 Å². The van der Waals surface area contributed by atoms with Crippen LogP contribution in [-0.2, 0) is 6.18 Å². The van der Waals surface area contributed by atoms with Crippen molar-refractivity contribution in [1.29, 1.82) is 0 Å². The van der Waals surface area contributed by atoms with E-state index in [9.17, 15) is 13.2 Å². The van der Waals surface area contributed by atoms with Gasteiger partial charge in [0, 0.05) is 18.6 Å². The molecule has 1 heterocycles. The number of halogens is 3. The molecule has 92 valence electrons. The number of hydrogen-bond donors (Lipinski definition) is 1. The standard InChI is InChI=1S/C8H12F3N3OS/c1-7(2,4-15)14(3)6-12-5(13-16-6)8(9,10)11/h15H,4H2,1-3H3. The lowest BCUT2D eigenvalue weighted by Gasteiger charge is -2.33. The van der Waals surface area contributed by atoms with Crippen LogP contribution in [0.25, 0.3) is 0 Å². The second kappa shape index (κ2) is 4.17. The lowest BCUT2D eigenvalue weighted by Crippen LogP contribution is -2.44. The molecule has 4 nitrogen and oxygen atoms in total. The summed E-state index contributed by atoms with van der Waals surface area (Å²) in [6, 6.07) is 0. The molecule has 0 fully saturated rings. The summed E-state index contributed by atoms with van der Waals surface area (Å²) in [6.07, 6.45) is -4.53. The zero-order valence-corrected chi connectivity index (χ0v) is 9.85. The fourth-order valence-electron chi connectivity index (χ4n) is 0.832. The molecule has 16 heavy (non-hydrogen) atoms. The molecule has 1 N–H and O–H groups in total. The van der Waals surface area contributed by atoms with Gasteiger partial charge in [-0.1, -0.05) is 0 Å². The fourth-order valence-corrected chi connectivity index (χ4v) is 1.64. The molecule has 1 rings (SSSR count). The van der Waals surface area contributed by atoms with E-state index in [0.717, 1.165) is 0 Å². The van der Waals surface area contributed by atoms with Crippen molar-refractivity contribution in [3.63, 3.8) is 0 Å². The van der Waals surface area contributed by atoms with Crippen LogP contribution < -0.4 is 4.90 Å². The van der Waals surface area contributed by atoms with E-state index in [1.165, 1.54) is 4.90 Å². The monoisotopic (exact) mass is 255 g/mol. The van der Waals surface area contributed by atoms with Gasteiger partial charge in [0.1, 0.15) is 0 Å². The van der Waals surface area contributed by atoms with Gasteiger partial charge in [0.2, 0.25) is 11.0 Å². The summed E-state index contributed by atoms with van der Waals surface area (Å²) in [4.78, 5) is 4.87. The average Bonchev–Trinajstić information content (AvgIpc) is 2.64. The summed E-state index contributed by atoms with van der Waals surface area (Å²) in [5.74, 6) is -1.15. The molecule has 0 atom stereocenters. The van der Waals surface area contributed by atoms with E-state index in [0.29, 0.717) is 11.5 Å². The number of aliphatic hydroxyl groups is 1. The molecule has 0 aliphatic carbocycles. The lowest BCUT2D eigenvalue weighted by molar-refractivity contribution is -0.144. The number of hydrogen-bond acceptors (Lipinski definition) is 5. The van der Waals surface area contributed by atoms with E-state index in [1.807, 2.05) is 0 Å². The third-order valence-corrected chi connectivity index (χ3v) is 3.04. The molecular formula is C8H12F3N3OS. The van der Waals surface area contributed by atoms with Gasteiger partial charge < -0.3 is 10.0 Å². The summed E-state index contributed by atoms with van der Waals surface area (Å²) in [5, 5.41) is 9.22. The van der Waals surface area contributed by atoms with Crippen molar-refractivity contribution in [2.45, 2.75) is 25.6 Å². The Labute approximate surface area is 94.9 Å². The highest BCUT2D eigenvalue weighted by Gasteiger charge is 2.37. The number of alkyl halides is 3. The predicted molar refractivity (Wildman–Crippen MR) is 54.5 cm³/mol. The second-order valence-corrected chi connectivity index (χ2v) is 4.66. The van der Waals surface area contributed by atoms with Crippen molar-refractivity contribution in [1.82, 2.24) is 9.36 Å². The van der Waals surface area contributed by atoms with Crippen LogP contribution in [0.4, 0.5) is 18.3 Å². The van der Waals surface area contributed by atoms with Gasteiger partial charge in [-0.15, -0.1) is 0 Å². The molecule has 0 amide bonds. The van der Waals surface area contributed by atoms with E-state index in [2.05, 4.69) is 9.36 Å². The Kier molecular flexibility index (Phi) is 3.44. The van der Waals surface area contributed by atoms with Crippen LogP contribution in [0, 0.1) is 0 Å². The van der Waals surface area contributed by atoms with Crippen molar-refractivity contribution >= 4 is 16.7 Å². The largest absolute Gasteiger partial charge is 0.452 e. The normalized spacial score (nSPS) is 12.9. The van der Waals surface area contributed by atoms with Crippen molar-refractivity contribution in [2.24, 2.45) is 0 Å².